The van der Waals surface area contributed by atoms with Crippen molar-refractivity contribution < 1.29 is 21.0 Å². The van der Waals surface area contributed by atoms with Gasteiger partial charge in [-0.05, 0) is 47.5 Å². The van der Waals surface area contributed by atoms with Gasteiger partial charge in [-0.2, -0.15) is 8.42 Å². The second-order valence-corrected chi connectivity index (χ2v) is 12.1. The molecule has 174 valence electrons. The number of aromatic amines is 1. The third-order valence-electron chi connectivity index (χ3n) is 5.05. The summed E-state index contributed by atoms with van der Waals surface area (Å²) in [6, 6.07) is 12.6. The van der Waals surface area contributed by atoms with E-state index in [0.29, 0.717) is 40.6 Å². The van der Waals surface area contributed by atoms with Gasteiger partial charge in [-0.25, -0.2) is 13.1 Å². The number of hydrogen-bond acceptors (Lipinski definition) is 7. The second-order valence-electron chi connectivity index (χ2n) is 7.73. The first-order valence-corrected chi connectivity index (χ1v) is 14.6. The van der Waals surface area contributed by atoms with Gasteiger partial charge in [0.05, 0.1) is 12.5 Å². The van der Waals surface area contributed by atoms with Crippen LogP contribution in [0.25, 0.3) is 32.1 Å². The highest BCUT2D eigenvalue weighted by Crippen LogP contribution is 2.40. The minimum Gasteiger partial charge on any atom is -0.382 e. The lowest BCUT2D eigenvalue weighted by atomic mass is 9.96. The van der Waals surface area contributed by atoms with Crippen molar-refractivity contribution in [3.8, 4) is 16.9 Å². The Labute approximate surface area is 195 Å². The van der Waals surface area contributed by atoms with Crippen molar-refractivity contribution >= 4 is 52.5 Å². The van der Waals surface area contributed by atoms with E-state index in [4.69, 9.17) is 4.18 Å². The number of hydrogen-bond donors (Lipinski definition) is 2. The summed E-state index contributed by atoms with van der Waals surface area (Å²) < 4.78 is 54.6. The van der Waals surface area contributed by atoms with Crippen LogP contribution in [0.2, 0.25) is 0 Å². The van der Waals surface area contributed by atoms with Gasteiger partial charge < -0.3 is 9.17 Å². The molecule has 2 N–H and O–H groups in total. The maximum absolute atomic E-state index is 12.4. The van der Waals surface area contributed by atoms with Crippen LogP contribution in [0, 0.1) is 0 Å². The largest absolute Gasteiger partial charge is 0.382 e. The lowest BCUT2D eigenvalue weighted by Crippen LogP contribution is -2.23. The van der Waals surface area contributed by atoms with Crippen LogP contribution in [-0.4, -0.2) is 40.9 Å². The van der Waals surface area contributed by atoms with Crippen LogP contribution in [0.3, 0.4) is 0 Å². The molecule has 8 nitrogen and oxygen atoms in total. The Balaban J connectivity index is 1.79. The highest BCUT2D eigenvalue weighted by molar-refractivity contribution is 7.88. The van der Waals surface area contributed by atoms with Crippen LogP contribution in [0.5, 0.6) is 5.75 Å². The first-order valence-electron chi connectivity index (χ1n) is 10.0. The first kappa shape index (κ1) is 23.4. The van der Waals surface area contributed by atoms with E-state index in [-0.39, 0.29) is 11.3 Å². The van der Waals surface area contributed by atoms with Gasteiger partial charge in [-0.3, -0.25) is 4.79 Å². The molecule has 2 aromatic carbocycles. The maximum atomic E-state index is 12.4. The molecule has 0 unspecified atom stereocenters. The Bertz CT molecular complexity index is 1600. The number of benzene rings is 2. The smallest absolute Gasteiger partial charge is 0.306 e. The zero-order valence-corrected chi connectivity index (χ0v) is 20.4. The second kappa shape index (κ2) is 8.90. The lowest BCUT2D eigenvalue weighted by Gasteiger charge is -2.14. The molecule has 0 fully saturated rings. The van der Waals surface area contributed by atoms with Crippen LogP contribution in [0.1, 0.15) is 12.0 Å². The molecule has 0 bridgehead atoms. The Kier molecular flexibility index (Phi) is 6.32. The molecule has 0 aliphatic carbocycles. The summed E-state index contributed by atoms with van der Waals surface area (Å²) in [5.41, 5.74) is 2.69. The fourth-order valence-electron chi connectivity index (χ4n) is 3.74. The van der Waals surface area contributed by atoms with Gasteiger partial charge >= 0.3 is 10.1 Å². The van der Waals surface area contributed by atoms with Crippen LogP contribution in [-0.2, 0) is 26.6 Å². The molecule has 4 aromatic rings. The summed E-state index contributed by atoms with van der Waals surface area (Å²) in [5, 5.41) is 3.25. The fourth-order valence-corrected chi connectivity index (χ4v) is 5.51. The summed E-state index contributed by atoms with van der Waals surface area (Å²) in [5.74, 6) is 0.176. The predicted octanol–water partition coefficient (Wildman–Crippen LogP) is 3.23. The van der Waals surface area contributed by atoms with Gasteiger partial charge in [0.1, 0.15) is 4.70 Å². The topological polar surface area (TPSA) is 122 Å². The molecule has 2 aromatic heterocycles. The van der Waals surface area contributed by atoms with Crippen molar-refractivity contribution in [3.05, 3.63) is 63.8 Å². The standard InChI is InChI=1S/C22H22N2O6S3/c1-32(26,27)23-12-3-4-14-5-7-15(8-6-14)19-18(30-33(2,28)29)10-9-17-20(19)16-11-13-31-21(16)22(25)24-17/h5-11,13,23H,3-4,12H2,1-2H3,(H,24,25). The van der Waals surface area contributed by atoms with Crippen molar-refractivity contribution in [2.45, 2.75) is 12.8 Å². The zero-order chi connectivity index (χ0) is 23.8. The number of thiophene rings is 1. The minimum absolute atomic E-state index is 0.176. The van der Waals surface area contributed by atoms with Gasteiger partial charge in [0.2, 0.25) is 10.0 Å². The Morgan fingerprint density at radius 1 is 1.00 bits per heavy atom. The first-order chi connectivity index (χ1) is 15.5. The number of rotatable bonds is 8. The molecular weight excluding hydrogens is 484 g/mol. The molecule has 0 saturated heterocycles. The summed E-state index contributed by atoms with van der Waals surface area (Å²) in [7, 11) is -7.00. The monoisotopic (exact) mass is 506 g/mol. The Morgan fingerprint density at radius 2 is 1.73 bits per heavy atom. The van der Waals surface area contributed by atoms with Crippen molar-refractivity contribution in [1.82, 2.24) is 9.71 Å². The molecule has 0 saturated carbocycles. The Hall–Kier alpha value is -2.73. The molecular formula is C22H22N2O6S3. The summed E-state index contributed by atoms with van der Waals surface area (Å²) in [6.45, 7) is 0.347. The molecule has 11 heteroatoms. The summed E-state index contributed by atoms with van der Waals surface area (Å²) in [4.78, 5) is 15.3. The van der Waals surface area contributed by atoms with Crippen molar-refractivity contribution in [3.63, 3.8) is 0 Å². The molecule has 0 spiro atoms. The third kappa shape index (κ3) is 5.44. The van der Waals surface area contributed by atoms with E-state index in [1.54, 1.807) is 6.07 Å². The van der Waals surface area contributed by atoms with Gasteiger partial charge in [-0.1, -0.05) is 24.3 Å². The van der Waals surface area contributed by atoms with Gasteiger partial charge in [-0.15, -0.1) is 11.3 Å². The van der Waals surface area contributed by atoms with Crippen LogP contribution < -0.4 is 14.5 Å². The van der Waals surface area contributed by atoms with Gasteiger partial charge in [0.15, 0.2) is 5.75 Å². The SMILES string of the molecule is CS(=O)(=O)NCCCc1ccc(-c2c(OS(C)(=O)=O)ccc3[nH]c(=O)c4sccc4c23)cc1. The number of H-pyrrole nitrogens is 1. The molecule has 0 atom stereocenters. The number of fused-ring (bicyclic) bond motifs is 3. The number of aryl methyl sites for hydroxylation is 1. The van der Waals surface area contributed by atoms with Crippen molar-refractivity contribution in [1.29, 1.82) is 0 Å². The maximum Gasteiger partial charge on any atom is 0.306 e. The normalized spacial score (nSPS) is 12.4. The van der Waals surface area contributed by atoms with E-state index < -0.39 is 20.1 Å². The zero-order valence-electron chi connectivity index (χ0n) is 17.9. The number of pyridine rings is 1. The average molecular weight is 507 g/mol. The molecule has 2 heterocycles. The Morgan fingerprint density at radius 3 is 2.39 bits per heavy atom. The van der Waals surface area contributed by atoms with Crippen LogP contribution in [0.15, 0.2) is 52.6 Å². The summed E-state index contributed by atoms with van der Waals surface area (Å²) in [6.07, 6.45) is 3.43. The van der Waals surface area contributed by atoms with E-state index >= 15 is 0 Å². The van der Waals surface area contributed by atoms with Gasteiger partial charge in [0.25, 0.3) is 5.56 Å². The molecule has 0 aliphatic heterocycles. The highest BCUT2D eigenvalue weighted by Gasteiger charge is 2.19. The average Bonchev–Trinajstić information content (AvgIpc) is 3.21. The van der Waals surface area contributed by atoms with Crippen molar-refractivity contribution in [2.24, 2.45) is 0 Å². The molecule has 0 aliphatic rings. The van der Waals surface area contributed by atoms with E-state index in [9.17, 15) is 21.6 Å². The minimum atomic E-state index is -3.78. The molecule has 0 amide bonds. The number of aromatic nitrogens is 1. The van der Waals surface area contributed by atoms with Crippen LogP contribution in [0.4, 0.5) is 0 Å². The van der Waals surface area contributed by atoms with E-state index in [1.165, 1.54) is 17.4 Å². The quantitative estimate of drug-likeness (QED) is 0.279. The predicted molar refractivity (Wildman–Crippen MR) is 132 cm³/mol. The van der Waals surface area contributed by atoms with E-state index in [1.807, 2.05) is 35.7 Å². The number of nitrogens with one attached hydrogen (secondary N) is 2. The molecule has 0 radical (unpaired) electrons. The highest BCUT2D eigenvalue weighted by atomic mass is 32.2. The molecule has 4 rings (SSSR count). The summed E-state index contributed by atoms with van der Waals surface area (Å²) >= 11 is 1.32. The van der Waals surface area contributed by atoms with Crippen LogP contribution >= 0.6 is 11.3 Å². The third-order valence-corrected chi connectivity index (χ3v) is 7.17. The van der Waals surface area contributed by atoms with E-state index in [0.717, 1.165) is 29.0 Å². The fraction of sp³-hybridized carbons (Fsp3) is 0.227. The van der Waals surface area contributed by atoms with Gasteiger partial charge in [0, 0.05) is 28.4 Å². The number of sulfonamides is 1. The van der Waals surface area contributed by atoms with E-state index in [2.05, 4.69) is 9.71 Å². The molecule has 33 heavy (non-hydrogen) atoms. The lowest BCUT2D eigenvalue weighted by molar-refractivity contribution is 0.494. The van der Waals surface area contributed by atoms with Crippen molar-refractivity contribution in [2.75, 3.05) is 19.1 Å².